The third-order valence-corrected chi connectivity index (χ3v) is 7.85. The number of nitrogens with zero attached hydrogens (tertiary/aromatic N) is 1. The molecule has 0 radical (unpaired) electrons. The van der Waals surface area contributed by atoms with Crippen molar-refractivity contribution in [3.8, 4) is 0 Å². The van der Waals surface area contributed by atoms with Gasteiger partial charge in [0.1, 0.15) is 5.82 Å². The van der Waals surface area contributed by atoms with Crippen molar-refractivity contribution in [1.82, 2.24) is 10.3 Å². The second-order valence-corrected chi connectivity index (χ2v) is 10.0. The smallest absolute Gasteiger partial charge is 0.230 e. The summed E-state index contributed by atoms with van der Waals surface area (Å²) in [4.78, 5) is 29.9. The maximum atomic E-state index is 13.6. The highest BCUT2D eigenvalue weighted by Gasteiger charge is 2.44. The third-order valence-electron chi connectivity index (χ3n) is 7.53. The first-order chi connectivity index (χ1) is 16.4. The molecular formula is C26H32ClFN4O2. The van der Waals surface area contributed by atoms with Gasteiger partial charge in [-0.1, -0.05) is 30.5 Å². The van der Waals surface area contributed by atoms with Crippen LogP contribution in [0.4, 0.5) is 10.1 Å². The van der Waals surface area contributed by atoms with E-state index in [1.807, 2.05) is 0 Å². The van der Waals surface area contributed by atoms with E-state index in [9.17, 15) is 14.0 Å². The van der Waals surface area contributed by atoms with E-state index in [2.05, 4.69) is 15.6 Å². The zero-order valence-electron chi connectivity index (χ0n) is 19.2. The van der Waals surface area contributed by atoms with Crippen molar-refractivity contribution in [2.75, 3.05) is 11.9 Å². The molecule has 1 heterocycles. The maximum Gasteiger partial charge on any atom is 0.230 e. The van der Waals surface area contributed by atoms with E-state index in [1.54, 1.807) is 30.6 Å². The Morgan fingerprint density at radius 1 is 1.12 bits per heavy atom. The molecule has 0 bridgehead atoms. The van der Waals surface area contributed by atoms with Crippen LogP contribution < -0.4 is 16.4 Å². The van der Waals surface area contributed by atoms with Crippen molar-refractivity contribution < 1.29 is 14.0 Å². The summed E-state index contributed by atoms with van der Waals surface area (Å²) in [6.07, 6.45) is 9.79. The number of aromatic nitrogens is 1. The predicted molar refractivity (Wildman–Crippen MR) is 131 cm³/mol. The quantitative estimate of drug-likeness (QED) is 0.533. The van der Waals surface area contributed by atoms with Crippen LogP contribution in [0.3, 0.4) is 0 Å². The van der Waals surface area contributed by atoms with E-state index in [-0.39, 0.29) is 29.7 Å². The van der Waals surface area contributed by atoms with Crippen LogP contribution in [-0.2, 0) is 15.0 Å². The SMILES string of the molecule is NC(CNC(=O)C1(c2ccc(F)cc2Cl)CCCC1)[C@H]1CC[C@H](C(=O)Nc2ccncc2)CC1. The fourth-order valence-electron chi connectivity index (χ4n) is 5.51. The Kier molecular flexibility index (Phi) is 7.84. The molecule has 0 saturated heterocycles. The van der Waals surface area contributed by atoms with Crippen molar-refractivity contribution >= 4 is 29.1 Å². The summed E-state index contributed by atoms with van der Waals surface area (Å²) in [5.41, 5.74) is 7.19. The van der Waals surface area contributed by atoms with Crippen molar-refractivity contribution in [1.29, 1.82) is 0 Å². The molecule has 0 aliphatic heterocycles. The van der Waals surface area contributed by atoms with Crippen LogP contribution in [0.2, 0.25) is 5.02 Å². The molecule has 182 valence electrons. The van der Waals surface area contributed by atoms with Gasteiger partial charge in [-0.25, -0.2) is 4.39 Å². The highest BCUT2D eigenvalue weighted by molar-refractivity contribution is 6.31. The van der Waals surface area contributed by atoms with Crippen LogP contribution in [0.15, 0.2) is 42.7 Å². The van der Waals surface area contributed by atoms with Gasteiger partial charge in [-0.15, -0.1) is 0 Å². The van der Waals surface area contributed by atoms with E-state index in [4.69, 9.17) is 17.3 Å². The lowest BCUT2D eigenvalue weighted by atomic mass is 9.77. The Morgan fingerprint density at radius 2 is 1.79 bits per heavy atom. The van der Waals surface area contributed by atoms with Crippen LogP contribution in [-0.4, -0.2) is 29.4 Å². The first-order valence-electron chi connectivity index (χ1n) is 12.1. The van der Waals surface area contributed by atoms with Gasteiger partial charge >= 0.3 is 0 Å². The predicted octanol–water partition coefficient (Wildman–Crippen LogP) is 4.57. The van der Waals surface area contributed by atoms with Gasteiger partial charge in [-0.3, -0.25) is 14.6 Å². The van der Waals surface area contributed by atoms with E-state index >= 15 is 0 Å². The van der Waals surface area contributed by atoms with Gasteiger partial charge in [-0.05, 0) is 74.3 Å². The lowest BCUT2D eigenvalue weighted by Crippen LogP contribution is -2.49. The highest BCUT2D eigenvalue weighted by Crippen LogP contribution is 2.44. The molecule has 8 heteroatoms. The Morgan fingerprint density at radius 3 is 2.44 bits per heavy atom. The van der Waals surface area contributed by atoms with Gasteiger partial charge in [-0.2, -0.15) is 0 Å². The number of hydrogen-bond donors (Lipinski definition) is 3. The van der Waals surface area contributed by atoms with Crippen LogP contribution in [0.5, 0.6) is 0 Å². The topological polar surface area (TPSA) is 97.1 Å². The minimum atomic E-state index is -0.729. The first kappa shape index (κ1) is 24.6. The van der Waals surface area contributed by atoms with Gasteiger partial charge in [0.15, 0.2) is 0 Å². The number of halogens is 2. The zero-order chi connectivity index (χ0) is 24.1. The molecule has 2 aliphatic rings. The van der Waals surface area contributed by atoms with Crippen molar-refractivity contribution in [3.63, 3.8) is 0 Å². The van der Waals surface area contributed by atoms with Gasteiger partial charge in [0.25, 0.3) is 0 Å². The maximum absolute atomic E-state index is 13.6. The molecule has 2 fully saturated rings. The molecule has 6 nitrogen and oxygen atoms in total. The molecular weight excluding hydrogens is 455 g/mol. The molecule has 2 amide bonds. The molecule has 2 aliphatic carbocycles. The Balaban J connectivity index is 1.30. The second kappa shape index (κ2) is 10.8. The summed E-state index contributed by atoms with van der Waals surface area (Å²) in [7, 11) is 0. The first-order valence-corrected chi connectivity index (χ1v) is 12.5. The molecule has 34 heavy (non-hydrogen) atoms. The number of pyridine rings is 1. The lowest BCUT2D eigenvalue weighted by Gasteiger charge is -2.33. The fourth-order valence-corrected chi connectivity index (χ4v) is 5.86. The van der Waals surface area contributed by atoms with Gasteiger partial charge in [0.05, 0.1) is 5.41 Å². The monoisotopic (exact) mass is 486 g/mol. The molecule has 1 aromatic carbocycles. The molecule has 0 spiro atoms. The average molecular weight is 487 g/mol. The number of benzene rings is 1. The van der Waals surface area contributed by atoms with E-state index in [0.717, 1.165) is 44.2 Å². The van der Waals surface area contributed by atoms with E-state index in [0.29, 0.717) is 30.0 Å². The summed E-state index contributed by atoms with van der Waals surface area (Å²) < 4.78 is 13.6. The average Bonchev–Trinajstić information content (AvgIpc) is 3.34. The van der Waals surface area contributed by atoms with Crippen LogP contribution >= 0.6 is 11.6 Å². The molecule has 4 N–H and O–H groups in total. The molecule has 2 aromatic rings. The van der Waals surface area contributed by atoms with E-state index < -0.39 is 11.2 Å². The normalized spacial score (nSPS) is 22.7. The molecule has 2 saturated carbocycles. The standard InChI is InChI=1S/C26H32ClFN4O2/c27-22-15-19(28)7-8-21(22)26(11-1-2-12-26)25(34)31-16-23(29)17-3-5-18(6-4-17)24(33)32-20-9-13-30-14-10-20/h7-10,13-15,17-18,23H,1-6,11-12,16,29H2,(H,31,34)(H,30,32,33)/t17-,18-,23?. The Bertz CT molecular complexity index is 1010. The van der Waals surface area contributed by atoms with Crippen molar-refractivity contribution in [3.05, 3.63) is 59.1 Å². The van der Waals surface area contributed by atoms with Crippen LogP contribution in [0.25, 0.3) is 0 Å². The molecule has 1 atom stereocenters. The number of amides is 2. The number of nitrogens with one attached hydrogen (secondary N) is 2. The Labute approximate surface area is 204 Å². The molecule has 1 unspecified atom stereocenters. The van der Waals surface area contributed by atoms with Crippen molar-refractivity contribution in [2.45, 2.75) is 62.8 Å². The zero-order valence-corrected chi connectivity index (χ0v) is 20.0. The summed E-state index contributed by atoms with van der Waals surface area (Å²) >= 11 is 6.34. The largest absolute Gasteiger partial charge is 0.354 e. The second-order valence-electron chi connectivity index (χ2n) is 9.62. The Hall–Kier alpha value is -2.51. The summed E-state index contributed by atoms with van der Waals surface area (Å²) in [5.74, 6) is -0.243. The number of carbonyl (C=O) groups is 2. The van der Waals surface area contributed by atoms with Crippen LogP contribution in [0, 0.1) is 17.7 Å². The van der Waals surface area contributed by atoms with Gasteiger partial charge in [0, 0.05) is 41.6 Å². The van der Waals surface area contributed by atoms with Gasteiger partial charge < -0.3 is 16.4 Å². The third kappa shape index (κ3) is 5.41. The summed E-state index contributed by atoms with van der Waals surface area (Å²) in [6.45, 7) is 0.373. The molecule has 1 aromatic heterocycles. The lowest BCUT2D eigenvalue weighted by molar-refractivity contribution is -0.126. The van der Waals surface area contributed by atoms with Crippen molar-refractivity contribution in [2.24, 2.45) is 17.6 Å². The minimum Gasteiger partial charge on any atom is -0.354 e. The van der Waals surface area contributed by atoms with E-state index in [1.165, 1.54) is 12.1 Å². The number of hydrogen-bond acceptors (Lipinski definition) is 4. The highest BCUT2D eigenvalue weighted by atomic mass is 35.5. The number of carbonyl (C=O) groups excluding carboxylic acids is 2. The number of rotatable bonds is 7. The minimum absolute atomic E-state index is 0.0332. The van der Waals surface area contributed by atoms with Gasteiger partial charge in [0.2, 0.25) is 11.8 Å². The summed E-state index contributed by atoms with van der Waals surface area (Å²) in [6, 6.07) is 7.65. The van der Waals surface area contributed by atoms with Crippen LogP contribution in [0.1, 0.15) is 56.9 Å². The fraction of sp³-hybridized carbons (Fsp3) is 0.500. The molecule has 4 rings (SSSR count). The number of nitrogens with two attached hydrogens (primary N) is 1. The summed E-state index contributed by atoms with van der Waals surface area (Å²) in [5, 5.41) is 6.32. The number of anilines is 1.